The van der Waals surface area contributed by atoms with Crippen molar-refractivity contribution in [3.8, 4) is 0 Å². The Morgan fingerprint density at radius 2 is 0.909 bits per heavy atom. The molecule has 196 valence electrons. The molecule has 0 aromatic heterocycles. The van der Waals surface area contributed by atoms with Gasteiger partial charge in [0, 0.05) is 0 Å². The molecular formula is C16H30O17. The Kier molecular flexibility index (Phi) is 13.9. The van der Waals surface area contributed by atoms with Crippen LogP contribution < -0.4 is 0 Å². The molecule has 0 bridgehead atoms. The fourth-order valence-corrected chi connectivity index (χ4v) is 2.17. The largest absolute Gasteiger partial charge is 0.433 e. The summed E-state index contributed by atoms with van der Waals surface area (Å²) in [5, 5.41) is 122. The number of aliphatic hydroxyl groups is 13. The van der Waals surface area contributed by atoms with Gasteiger partial charge in [0.1, 0.15) is 48.8 Å². The lowest BCUT2D eigenvalue weighted by Crippen LogP contribution is -2.51. The predicted molar refractivity (Wildman–Crippen MR) is 97.0 cm³/mol. The molecule has 0 aromatic carbocycles. The molecule has 0 heterocycles. The zero-order chi connectivity index (χ0) is 26.0. The van der Waals surface area contributed by atoms with Crippen LogP contribution in [0, 0.1) is 0 Å². The molecule has 0 aromatic rings. The van der Waals surface area contributed by atoms with Gasteiger partial charge in [-0.15, -0.1) is 0 Å². The fraction of sp³-hybridized carbons (Fsp3) is 0.875. The van der Waals surface area contributed by atoms with E-state index in [2.05, 4.69) is 9.47 Å². The molecule has 0 aliphatic heterocycles. The van der Waals surface area contributed by atoms with Crippen molar-refractivity contribution in [3.63, 3.8) is 0 Å². The topological polar surface area (TPSA) is 316 Å². The van der Waals surface area contributed by atoms with Crippen LogP contribution in [0.3, 0.4) is 0 Å². The quantitative estimate of drug-likeness (QED) is 0.0742. The number of aliphatic hydroxyl groups excluding tert-OH is 13. The molecule has 17 nitrogen and oxygen atoms in total. The first kappa shape index (κ1) is 31.4. The molecule has 0 saturated carbocycles. The maximum Gasteiger partial charge on any atom is 0.337 e. The van der Waals surface area contributed by atoms with Crippen molar-refractivity contribution < 1.29 is 85.4 Å². The van der Waals surface area contributed by atoms with Crippen LogP contribution in [0.25, 0.3) is 0 Å². The van der Waals surface area contributed by atoms with Crippen molar-refractivity contribution in [2.45, 2.75) is 73.9 Å². The first-order valence-corrected chi connectivity index (χ1v) is 9.29. The van der Waals surface area contributed by atoms with E-state index in [1.807, 2.05) is 0 Å². The third kappa shape index (κ3) is 9.66. The maximum atomic E-state index is 11.7. The molecule has 0 saturated heterocycles. The van der Waals surface area contributed by atoms with E-state index in [1.54, 1.807) is 0 Å². The van der Waals surface area contributed by atoms with Gasteiger partial charge in [-0.3, -0.25) is 4.79 Å². The van der Waals surface area contributed by atoms with Gasteiger partial charge in [0.05, 0.1) is 19.6 Å². The zero-order valence-corrected chi connectivity index (χ0v) is 16.9. The van der Waals surface area contributed by atoms with Gasteiger partial charge in [-0.1, -0.05) is 0 Å². The maximum absolute atomic E-state index is 11.7. The highest BCUT2D eigenvalue weighted by molar-refractivity contribution is 5.81. The Hall–Kier alpha value is -1.58. The van der Waals surface area contributed by atoms with Crippen molar-refractivity contribution in [2.24, 2.45) is 0 Å². The van der Waals surface area contributed by atoms with E-state index >= 15 is 0 Å². The monoisotopic (exact) mass is 494 g/mol. The van der Waals surface area contributed by atoms with Crippen molar-refractivity contribution in [2.75, 3.05) is 13.2 Å². The highest BCUT2D eigenvalue weighted by Gasteiger charge is 2.38. The molecular weight excluding hydrogens is 464 g/mol. The molecule has 0 rings (SSSR count). The average molecular weight is 494 g/mol. The van der Waals surface area contributed by atoms with E-state index in [0.717, 1.165) is 0 Å². The van der Waals surface area contributed by atoms with E-state index in [1.165, 1.54) is 0 Å². The SMILES string of the molecule is O=C(CC(O)C(=O)OC(O)[C@@H](O)[C@@H](O)[C@H](O)[C@H](O)CO)OC(O)[C@@H](O)[C@@H](O)[C@H](O)[C@H](O)CO. The lowest BCUT2D eigenvalue weighted by atomic mass is 10.0. The fourth-order valence-electron chi connectivity index (χ4n) is 2.17. The highest BCUT2D eigenvalue weighted by Crippen LogP contribution is 2.13. The lowest BCUT2D eigenvalue weighted by molar-refractivity contribution is -0.223. The summed E-state index contributed by atoms with van der Waals surface area (Å²) in [5.41, 5.74) is 0. The zero-order valence-electron chi connectivity index (χ0n) is 16.9. The van der Waals surface area contributed by atoms with Crippen LogP contribution in [-0.2, 0) is 19.1 Å². The first-order chi connectivity index (χ1) is 15.2. The highest BCUT2D eigenvalue weighted by atomic mass is 16.7. The predicted octanol–water partition coefficient (Wildman–Crippen LogP) is -8.67. The van der Waals surface area contributed by atoms with Gasteiger partial charge in [0.25, 0.3) is 0 Å². The van der Waals surface area contributed by atoms with Crippen LogP contribution in [0.2, 0.25) is 0 Å². The van der Waals surface area contributed by atoms with Crippen LogP contribution in [-0.4, -0.2) is 159 Å². The summed E-state index contributed by atoms with van der Waals surface area (Å²) >= 11 is 0. The Morgan fingerprint density at radius 1 is 0.545 bits per heavy atom. The van der Waals surface area contributed by atoms with Crippen LogP contribution >= 0.6 is 0 Å². The number of carbonyl (C=O) groups excluding carboxylic acids is 2. The minimum Gasteiger partial charge on any atom is -0.433 e. The number of rotatable bonds is 15. The van der Waals surface area contributed by atoms with Crippen molar-refractivity contribution in [3.05, 3.63) is 0 Å². The number of hydrogen-bond acceptors (Lipinski definition) is 17. The van der Waals surface area contributed by atoms with E-state index in [4.69, 9.17) is 20.4 Å². The summed E-state index contributed by atoms with van der Waals surface area (Å²) in [5.74, 6) is -3.34. The lowest BCUT2D eigenvalue weighted by Gasteiger charge is -2.28. The third-order valence-electron chi connectivity index (χ3n) is 4.27. The molecule has 13 N–H and O–H groups in total. The Morgan fingerprint density at radius 3 is 1.27 bits per heavy atom. The summed E-state index contributed by atoms with van der Waals surface area (Å²) in [4.78, 5) is 23.3. The van der Waals surface area contributed by atoms with Gasteiger partial charge in [0.15, 0.2) is 6.10 Å². The average Bonchev–Trinajstić information content (AvgIpc) is 2.79. The molecule has 0 spiro atoms. The van der Waals surface area contributed by atoms with Crippen LogP contribution in [0.5, 0.6) is 0 Å². The third-order valence-corrected chi connectivity index (χ3v) is 4.27. The van der Waals surface area contributed by atoms with Gasteiger partial charge >= 0.3 is 11.9 Å². The Labute approximate surface area is 185 Å². The number of ether oxygens (including phenoxy) is 2. The minimum atomic E-state index is -2.58. The molecule has 0 aliphatic rings. The summed E-state index contributed by atoms with van der Waals surface area (Å²) in [6, 6.07) is 0. The standard InChI is InChI=1S/C16H30O17/c17-2-5(20)8(23)10(25)12(27)15(30)32-7(22)1-4(19)14(29)33-16(31)13(28)11(26)9(24)6(21)3-18/h4-6,8-13,15-21,23-28,30-31H,1-3H2/t4?,5-,6-,8-,9-,10+,11+,12+,13+,15?,16?/m1/s1. The number of carbonyl (C=O) groups is 2. The number of hydrogen-bond donors (Lipinski definition) is 13. The first-order valence-electron chi connectivity index (χ1n) is 9.29. The molecule has 3 unspecified atom stereocenters. The van der Waals surface area contributed by atoms with E-state index in [9.17, 15) is 55.5 Å². The molecule has 0 fully saturated rings. The molecule has 11 atom stereocenters. The Bertz CT molecular complexity index is 589. The van der Waals surface area contributed by atoms with E-state index in [0.29, 0.717) is 0 Å². The second-order valence-electron chi connectivity index (χ2n) is 6.87. The summed E-state index contributed by atoms with van der Waals surface area (Å²) in [6.45, 7) is -2.05. The normalized spacial score (nSPS) is 22.0. The second-order valence-corrected chi connectivity index (χ2v) is 6.87. The molecule has 0 radical (unpaired) electrons. The Balaban J connectivity index is 4.75. The minimum absolute atomic E-state index is 1.02. The van der Waals surface area contributed by atoms with Gasteiger partial charge in [-0.2, -0.15) is 0 Å². The van der Waals surface area contributed by atoms with Gasteiger partial charge in [0.2, 0.25) is 12.6 Å². The second kappa shape index (κ2) is 14.6. The van der Waals surface area contributed by atoms with Gasteiger partial charge in [-0.05, 0) is 0 Å². The van der Waals surface area contributed by atoms with Crippen molar-refractivity contribution >= 4 is 11.9 Å². The van der Waals surface area contributed by atoms with Gasteiger partial charge < -0.3 is 75.9 Å². The molecule has 0 aliphatic carbocycles. The van der Waals surface area contributed by atoms with Crippen molar-refractivity contribution in [1.82, 2.24) is 0 Å². The van der Waals surface area contributed by atoms with Crippen molar-refractivity contribution in [1.29, 1.82) is 0 Å². The van der Waals surface area contributed by atoms with Gasteiger partial charge in [-0.25, -0.2) is 4.79 Å². The van der Waals surface area contributed by atoms with Crippen LogP contribution in [0.15, 0.2) is 0 Å². The van der Waals surface area contributed by atoms with E-state index < -0.39 is 99.1 Å². The summed E-state index contributed by atoms with van der Waals surface area (Å²) in [7, 11) is 0. The molecule has 0 amide bonds. The van der Waals surface area contributed by atoms with Crippen LogP contribution in [0.1, 0.15) is 6.42 Å². The van der Waals surface area contributed by atoms with Crippen LogP contribution in [0.4, 0.5) is 0 Å². The molecule has 17 heteroatoms. The summed E-state index contributed by atoms with van der Waals surface area (Å²) in [6.07, 6.45) is -26.4. The summed E-state index contributed by atoms with van der Waals surface area (Å²) < 4.78 is 8.40. The number of esters is 2. The smallest absolute Gasteiger partial charge is 0.337 e. The molecule has 33 heavy (non-hydrogen) atoms. The van der Waals surface area contributed by atoms with E-state index in [-0.39, 0.29) is 0 Å².